The van der Waals surface area contributed by atoms with E-state index in [0.29, 0.717) is 29.7 Å². The lowest BCUT2D eigenvalue weighted by atomic mass is 10.1. The van der Waals surface area contributed by atoms with E-state index in [4.69, 9.17) is 14.2 Å². The summed E-state index contributed by atoms with van der Waals surface area (Å²) in [4.78, 5) is 4.29. The van der Waals surface area contributed by atoms with Crippen LogP contribution in [0.25, 0.3) is 0 Å². The number of nitrogens with zero attached hydrogens (tertiary/aromatic N) is 1. The molecule has 7 heteroatoms. The Hall–Kier alpha value is -2.41. The van der Waals surface area contributed by atoms with Crippen molar-refractivity contribution in [1.82, 2.24) is 10.6 Å². The third-order valence-corrected chi connectivity index (χ3v) is 4.86. The molecule has 142 valence electrons. The maximum absolute atomic E-state index is 5.48. The molecule has 6 nitrogen and oxygen atoms in total. The minimum Gasteiger partial charge on any atom is -0.496 e. The lowest BCUT2D eigenvalue weighted by molar-refractivity contribution is 0.368. The van der Waals surface area contributed by atoms with Crippen molar-refractivity contribution < 1.29 is 14.2 Å². The van der Waals surface area contributed by atoms with Crippen molar-refractivity contribution in [3.63, 3.8) is 0 Å². The summed E-state index contributed by atoms with van der Waals surface area (Å²) in [7, 11) is 6.64. The molecular weight excluding hydrogens is 350 g/mol. The molecule has 0 radical (unpaired) electrons. The summed E-state index contributed by atoms with van der Waals surface area (Å²) in [5.41, 5.74) is 2.24. The Morgan fingerprint density at radius 2 is 1.81 bits per heavy atom. The van der Waals surface area contributed by atoms with Crippen LogP contribution in [0, 0.1) is 0 Å². The number of hydrogen-bond donors (Lipinski definition) is 2. The molecule has 0 fully saturated rings. The Bertz CT molecular complexity index is 692. The van der Waals surface area contributed by atoms with Gasteiger partial charge in [0.25, 0.3) is 0 Å². The first kappa shape index (κ1) is 19.9. The van der Waals surface area contributed by atoms with E-state index in [9.17, 15) is 0 Å². The number of nitrogens with one attached hydrogen (secondary N) is 2. The molecule has 0 spiro atoms. The predicted molar refractivity (Wildman–Crippen MR) is 107 cm³/mol. The van der Waals surface area contributed by atoms with Crippen LogP contribution in [-0.4, -0.2) is 40.9 Å². The first-order chi connectivity index (χ1) is 12.6. The topological polar surface area (TPSA) is 64.1 Å². The summed E-state index contributed by atoms with van der Waals surface area (Å²) in [5, 5.41) is 11.0. The highest BCUT2D eigenvalue weighted by Gasteiger charge is 2.14. The zero-order chi connectivity index (χ0) is 18.9. The summed E-state index contributed by atoms with van der Waals surface area (Å²) in [6.07, 6.45) is 0. The van der Waals surface area contributed by atoms with Crippen molar-refractivity contribution in [2.45, 2.75) is 19.4 Å². The fourth-order valence-electron chi connectivity index (χ4n) is 2.57. The van der Waals surface area contributed by atoms with Crippen LogP contribution < -0.4 is 24.8 Å². The molecular formula is C19H27N3O3S. The fourth-order valence-corrected chi connectivity index (χ4v) is 3.35. The van der Waals surface area contributed by atoms with Gasteiger partial charge in [0, 0.05) is 25.7 Å². The largest absolute Gasteiger partial charge is 0.496 e. The van der Waals surface area contributed by atoms with Gasteiger partial charge in [0.1, 0.15) is 17.2 Å². The minimum absolute atomic E-state index is 0.407. The van der Waals surface area contributed by atoms with Crippen LogP contribution in [-0.2, 0) is 6.54 Å². The second kappa shape index (κ2) is 9.91. The van der Waals surface area contributed by atoms with Gasteiger partial charge < -0.3 is 24.8 Å². The first-order valence-corrected chi connectivity index (χ1v) is 9.32. The number of guanidine groups is 1. The number of methoxy groups -OCH3 is 3. The van der Waals surface area contributed by atoms with E-state index in [-0.39, 0.29) is 0 Å². The SMILES string of the molecule is CN=C(NCc1c(OC)cc(OC)cc1OC)NCC(C)c1ccsc1. The fraction of sp³-hybridized carbons (Fsp3) is 0.421. The van der Waals surface area contributed by atoms with Crippen LogP contribution in [0.2, 0.25) is 0 Å². The van der Waals surface area contributed by atoms with Gasteiger partial charge in [-0.3, -0.25) is 4.99 Å². The maximum atomic E-state index is 5.48. The van der Waals surface area contributed by atoms with E-state index < -0.39 is 0 Å². The molecule has 0 aliphatic heterocycles. The highest BCUT2D eigenvalue weighted by molar-refractivity contribution is 7.07. The van der Waals surface area contributed by atoms with Crippen molar-refractivity contribution >= 4 is 17.3 Å². The molecule has 1 atom stereocenters. The summed E-state index contributed by atoms with van der Waals surface area (Å²) >= 11 is 1.71. The van der Waals surface area contributed by atoms with E-state index in [1.54, 1.807) is 39.7 Å². The monoisotopic (exact) mass is 377 g/mol. The van der Waals surface area contributed by atoms with Gasteiger partial charge in [-0.1, -0.05) is 6.92 Å². The molecule has 2 aromatic rings. The van der Waals surface area contributed by atoms with E-state index in [0.717, 1.165) is 18.1 Å². The summed E-state index contributed by atoms with van der Waals surface area (Å²) in [5.74, 6) is 3.23. The van der Waals surface area contributed by atoms with E-state index in [1.807, 2.05) is 12.1 Å². The summed E-state index contributed by atoms with van der Waals surface area (Å²) in [6.45, 7) is 3.51. The van der Waals surface area contributed by atoms with Gasteiger partial charge in [-0.2, -0.15) is 11.3 Å². The van der Waals surface area contributed by atoms with Gasteiger partial charge in [-0.05, 0) is 28.3 Å². The highest BCUT2D eigenvalue weighted by atomic mass is 32.1. The normalized spacial score (nSPS) is 12.4. The molecule has 0 bridgehead atoms. The smallest absolute Gasteiger partial charge is 0.191 e. The van der Waals surface area contributed by atoms with Crippen molar-refractivity contribution in [3.05, 3.63) is 40.1 Å². The Morgan fingerprint density at radius 3 is 2.31 bits per heavy atom. The molecule has 1 unspecified atom stereocenters. The van der Waals surface area contributed by atoms with Crippen LogP contribution in [0.4, 0.5) is 0 Å². The standard InChI is InChI=1S/C19H27N3O3S/c1-13(14-6-7-26-12-14)10-21-19(20-2)22-11-16-17(24-4)8-15(23-3)9-18(16)25-5/h6-9,12-13H,10-11H2,1-5H3,(H2,20,21,22). The van der Waals surface area contributed by atoms with Gasteiger partial charge in [-0.25, -0.2) is 0 Å². The minimum atomic E-state index is 0.407. The van der Waals surface area contributed by atoms with Crippen molar-refractivity contribution in [3.8, 4) is 17.2 Å². The second-order valence-corrected chi connectivity index (χ2v) is 6.55. The zero-order valence-electron chi connectivity index (χ0n) is 16.0. The molecule has 1 aromatic carbocycles. The number of ether oxygens (including phenoxy) is 3. The Labute approximate surface area is 159 Å². The van der Waals surface area contributed by atoms with E-state index >= 15 is 0 Å². The predicted octanol–water partition coefficient (Wildman–Crippen LogP) is 3.24. The van der Waals surface area contributed by atoms with Crippen LogP contribution in [0.1, 0.15) is 24.0 Å². The van der Waals surface area contributed by atoms with Crippen molar-refractivity contribution in [2.24, 2.45) is 4.99 Å². The molecule has 0 amide bonds. The van der Waals surface area contributed by atoms with Gasteiger partial charge >= 0.3 is 0 Å². The molecule has 26 heavy (non-hydrogen) atoms. The second-order valence-electron chi connectivity index (χ2n) is 5.77. The Morgan fingerprint density at radius 1 is 1.12 bits per heavy atom. The number of rotatable bonds is 8. The average Bonchev–Trinajstić information content (AvgIpc) is 3.22. The average molecular weight is 378 g/mol. The zero-order valence-corrected chi connectivity index (χ0v) is 16.8. The molecule has 0 saturated carbocycles. The third kappa shape index (κ3) is 5.05. The van der Waals surface area contributed by atoms with E-state index in [1.165, 1.54) is 5.56 Å². The lowest BCUT2D eigenvalue weighted by Crippen LogP contribution is -2.38. The van der Waals surface area contributed by atoms with Gasteiger partial charge in [0.15, 0.2) is 5.96 Å². The summed E-state index contributed by atoms with van der Waals surface area (Å²) < 4.78 is 16.3. The maximum Gasteiger partial charge on any atom is 0.191 e. The van der Waals surface area contributed by atoms with Crippen LogP contribution in [0.5, 0.6) is 17.2 Å². The molecule has 2 rings (SSSR count). The number of hydrogen-bond acceptors (Lipinski definition) is 5. The highest BCUT2D eigenvalue weighted by Crippen LogP contribution is 2.33. The number of thiophene rings is 1. The molecule has 0 aliphatic carbocycles. The van der Waals surface area contributed by atoms with Gasteiger partial charge in [-0.15, -0.1) is 0 Å². The third-order valence-electron chi connectivity index (χ3n) is 4.16. The van der Waals surface area contributed by atoms with Crippen LogP contribution >= 0.6 is 11.3 Å². The van der Waals surface area contributed by atoms with E-state index in [2.05, 4.69) is 39.4 Å². The Balaban J connectivity index is 2.01. The molecule has 0 saturated heterocycles. The van der Waals surface area contributed by atoms with Crippen molar-refractivity contribution in [2.75, 3.05) is 34.9 Å². The Kier molecular flexibility index (Phi) is 7.59. The molecule has 1 aromatic heterocycles. The molecule has 1 heterocycles. The van der Waals surface area contributed by atoms with Crippen LogP contribution in [0.3, 0.4) is 0 Å². The van der Waals surface area contributed by atoms with Crippen LogP contribution in [0.15, 0.2) is 34.0 Å². The quantitative estimate of drug-likeness (QED) is 0.546. The van der Waals surface area contributed by atoms with Gasteiger partial charge in [0.05, 0.1) is 33.4 Å². The van der Waals surface area contributed by atoms with Gasteiger partial charge in [0.2, 0.25) is 0 Å². The first-order valence-electron chi connectivity index (χ1n) is 8.38. The molecule has 0 aliphatic rings. The lowest BCUT2D eigenvalue weighted by Gasteiger charge is -2.18. The molecule has 2 N–H and O–H groups in total. The number of benzene rings is 1. The number of aliphatic imine (C=N–C) groups is 1. The summed E-state index contributed by atoms with van der Waals surface area (Å²) in [6, 6.07) is 5.84. The van der Waals surface area contributed by atoms with Crippen molar-refractivity contribution in [1.29, 1.82) is 0 Å².